The fourth-order valence-electron chi connectivity index (χ4n) is 1.77. The highest BCUT2D eigenvalue weighted by molar-refractivity contribution is 5.28. The van der Waals surface area contributed by atoms with Gasteiger partial charge in [0, 0.05) is 13.1 Å². The van der Waals surface area contributed by atoms with Gasteiger partial charge in [0.15, 0.2) is 0 Å². The fourth-order valence-corrected chi connectivity index (χ4v) is 1.77. The number of nitrogens with one attached hydrogen (secondary N) is 1. The van der Waals surface area contributed by atoms with Gasteiger partial charge in [0.05, 0.1) is 7.11 Å². The van der Waals surface area contributed by atoms with Crippen molar-refractivity contribution >= 4 is 0 Å². The van der Waals surface area contributed by atoms with Gasteiger partial charge in [0.1, 0.15) is 18.1 Å². The van der Waals surface area contributed by atoms with Crippen molar-refractivity contribution in [3.8, 4) is 11.5 Å². The summed E-state index contributed by atoms with van der Waals surface area (Å²) in [5.41, 5.74) is 1.21. The van der Waals surface area contributed by atoms with Crippen molar-refractivity contribution in [2.75, 3.05) is 20.3 Å². The third-order valence-electron chi connectivity index (χ3n) is 2.75. The van der Waals surface area contributed by atoms with Crippen molar-refractivity contribution in [1.82, 2.24) is 5.32 Å². The first-order valence-electron chi connectivity index (χ1n) is 6.40. The van der Waals surface area contributed by atoms with Gasteiger partial charge in [-0.2, -0.15) is 0 Å². The minimum absolute atomic E-state index is 0.661. The summed E-state index contributed by atoms with van der Waals surface area (Å²) < 4.78 is 10.8. The number of methoxy groups -OCH3 is 1. The van der Waals surface area contributed by atoms with Crippen LogP contribution in [0.2, 0.25) is 0 Å². The maximum atomic E-state index is 5.60. The normalized spacial score (nSPS) is 10.2. The predicted molar refractivity (Wildman–Crippen MR) is 76.6 cm³/mol. The Labute approximate surface area is 114 Å². The highest BCUT2D eigenvalue weighted by atomic mass is 16.5. The first-order chi connectivity index (χ1) is 9.38. The van der Waals surface area contributed by atoms with E-state index in [9.17, 15) is 0 Å². The van der Waals surface area contributed by atoms with Gasteiger partial charge in [0.2, 0.25) is 0 Å². The molecule has 0 aliphatic carbocycles. The average Bonchev–Trinajstić information content (AvgIpc) is 2.48. The van der Waals surface area contributed by atoms with Crippen LogP contribution >= 0.6 is 0 Å². The number of para-hydroxylation sites is 1. The topological polar surface area (TPSA) is 30.5 Å². The van der Waals surface area contributed by atoms with E-state index >= 15 is 0 Å². The molecule has 0 spiro atoms. The highest BCUT2D eigenvalue weighted by Gasteiger charge is 1.96. The van der Waals surface area contributed by atoms with Gasteiger partial charge >= 0.3 is 0 Å². The summed E-state index contributed by atoms with van der Waals surface area (Å²) in [6.07, 6.45) is 0. The molecule has 1 N–H and O–H groups in total. The quantitative estimate of drug-likeness (QED) is 0.774. The van der Waals surface area contributed by atoms with Crippen LogP contribution < -0.4 is 14.8 Å². The van der Waals surface area contributed by atoms with E-state index in [1.807, 2.05) is 48.5 Å². The zero-order chi connectivity index (χ0) is 13.3. The van der Waals surface area contributed by atoms with E-state index in [1.165, 1.54) is 5.56 Å². The van der Waals surface area contributed by atoms with Crippen LogP contribution in [0.3, 0.4) is 0 Å². The summed E-state index contributed by atoms with van der Waals surface area (Å²) >= 11 is 0. The Balaban J connectivity index is 1.66. The molecule has 0 radical (unpaired) electrons. The molecule has 3 nitrogen and oxygen atoms in total. The van der Waals surface area contributed by atoms with Gasteiger partial charge in [0.25, 0.3) is 0 Å². The minimum Gasteiger partial charge on any atom is -0.497 e. The number of rotatable bonds is 7. The first-order valence-corrected chi connectivity index (χ1v) is 6.40. The van der Waals surface area contributed by atoms with Gasteiger partial charge in [-0.15, -0.1) is 0 Å². The molecule has 0 aliphatic heterocycles. The van der Waals surface area contributed by atoms with Gasteiger partial charge in [-0.05, 0) is 29.8 Å². The molecule has 0 heterocycles. The molecule has 0 bridgehead atoms. The standard InChI is InChI=1S/C16H19NO2/c1-18-16-9-5-6-14(12-16)13-17-10-11-19-15-7-3-2-4-8-15/h2-9,12,17H,10-11,13H2,1H3. The largest absolute Gasteiger partial charge is 0.497 e. The minimum atomic E-state index is 0.661. The van der Waals surface area contributed by atoms with Crippen LogP contribution in [0.25, 0.3) is 0 Å². The molecular weight excluding hydrogens is 238 g/mol. The van der Waals surface area contributed by atoms with E-state index in [0.29, 0.717) is 6.61 Å². The zero-order valence-electron chi connectivity index (χ0n) is 11.1. The Kier molecular flexibility index (Phi) is 5.26. The lowest BCUT2D eigenvalue weighted by Crippen LogP contribution is -2.20. The van der Waals surface area contributed by atoms with Crippen molar-refractivity contribution in [3.63, 3.8) is 0 Å². The molecule has 0 fully saturated rings. The smallest absolute Gasteiger partial charge is 0.119 e. The SMILES string of the molecule is COc1cccc(CNCCOc2ccccc2)c1. The van der Waals surface area contributed by atoms with Gasteiger partial charge in [-0.25, -0.2) is 0 Å². The van der Waals surface area contributed by atoms with Crippen molar-refractivity contribution in [1.29, 1.82) is 0 Å². The molecule has 0 saturated carbocycles. The lowest BCUT2D eigenvalue weighted by atomic mass is 10.2. The second-order valence-electron chi connectivity index (χ2n) is 4.19. The molecular formula is C16H19NO2. The van der Waals surface area contributed by atoms with Crippen molar-refractivity contribution in [2.24, 2.45) is 0 Å². The van der Waals surface area contributed by atoms with Crippen LogP contribution in [-0.4, -0.2) is 20.3 Å². The van der Waals surface area contributed by atoms with Crippen molar-refractivity contribution < 1.29 is 9.47 Å². The summed E-state index contributed by atoms with van der Waals surface area (Å²) in [5, 5.41) is 3.34. The Bertz CT molecular complexity index is 485. The molecule has 0 atom stereocenters. The molecule has 0 saturated heterocycles. The van der Waals surface area contributed by atoms with E-state index < -0.39 is 0 Å². The first kappa shape index (κ1) is 13.4. The van der Waals surface area contributed by atoms with Gasteiger partial charge in [-0.1, -0.05) is 30.3 Å². The van der Waals surface area contributed by atoms with E-state index in [1.54, 1.807) is 7.11 Å². The van der Waals surface area contributed by atoms with Crippen molar-refractivity contribution in [2.45, 2.75) is 6.54 Å². The maximum absolute atomic E-state index is 5.60. The third kappa shape index (κ3) is 4.64. The molecule has 0 aromatic heterocycles. The predicted octanol–water partition coefficient (Wildman–Crippen LogP) is 2.86. The second kappa shape index (κ2) is 7.44. The molecule has 2 aromatic rings. The van der Waals surface area contributed by atoms with E-state index in [-0.39, 0.29) is 0 Å². The average molecular weight is 257 g/mol. The van der Waals surface area contributed by atoms with Gasteiger partial charge < -0.3 is 14.8 Å². The monoisotopic (exact) mass is 257 g/mol. The Hall–Kier alpha value is -2.00. The molecule has 19 heavy (non-hydrogen) atoms. The third-order valence-corrected chi connectivity index (χ3v) is 2.75. The van der Waals surface area contributed by atoms with E-state index in [2.05, 4.69) is 11.4 Å². The Morgan fingerprint density at radius 3 is 2.53 bits per heavy atom. The summed E-state index contributed by atoms with van der Waals surface area (Å²) in [7, 11) is 1.68. The molecule has 0 unspecified atom stereocenters. The van der Waals surface area contributed by atoms with Crippen LogP contribution in [0.1, 0.15) is 5.56 Å². The molecule has 2 rings (SSSR count). The lowest BCUT2D eigenvalue weighted by molar-refractivity contribution is 0.313. The van der Waals surface area contributed by atoms with E-state index in [0.717, 1.165) is 24.6 Å². The maximum Gasteiger partial charge on any atom is 0.119 e. The summed E-state index contributed by atoms with van der Waals surface area (Å²) in [4.78, 5) is 0. The number of hydrogen-bond acceptors (Lipinski definition) is 3. The number of benzene rings is 2. The molecule has 3 heteroatoms. The van der Waals surface area contributed by atoms with Gasteiger partial charge in [-0.3, -0.25) is 0 Å². The Morgan fingerprint density at radius 2 is 1.74 bits per heavy atom. The van der Waals surface area contributed by atoms with Crippen LogP contribution in [0, 0.1) is 0 Å². The second-order valence-corrected chi connectivity index (χ2v) is 4.19. The van der Waals surface area contributed by atoms with Crippen LogP contribution in [0.15, 0.2) is 54.6 Å². The lowest BCUT2D eigenvalue weighted by Gasteiger charge is -2.08. The summed E-state index contributed by atoms with van der Waals surface area (Å²) in [5.74, 6) is 1.80. The summed E-state index contributed by atoms with van der Waals surface area (Å²) in [6.45, 7) is 2.29. The van der Waals surface area contributed by atoms with Crippen LogP contribution in [0.5, 0.6) is 11.5 Å². The molecule has 0 aliphatic rings. The van der Waals surface area contributed by atoms with E-state index in [4.69, 9.17) is 9.47 Å². The fraction of sp³-hybridized carbons (Fsp3) is 0.250. The van der Waals surface area contributed by atoms with Crippen molar-refractivity contribution in [3.05, 3.63) is 60.2 Å². The number of hydrogen-bond donors (Lipinski definition) is 1. The molecule has 100 valence electrons. The zero-order valence-corrected chi connectivity index (χ0v) is 11.1. The molecule has 2 aromatic carbocycles. The Morgan fingerprint density at radius 1 is 0.947 bits per heavy atom. The highest BCUT2D eigenvalue weighted by Crippen LogP contribution is 2.12. The summed E-state index contributed by atoms with van der Waals surface area (Å²) in [6, 6.07) is 17.9. The van der Waals surface area contributed by atoms with Crippen LogP contribution in [0.4, 0.5) is 0 Å². The molecule has 0 amide bonds. The van der Waals surface area contributed by atoms with Crippen LogP contribution in [-0.2, 0) is 6.54 Å². The number of ether oxygens (including phenoxy) is 2.